The molecular formula is C13H20BrClN4S. The van der Waals surface area contributed by atoms with Gasteiger partial charge in [0.25, 0.3) is 0 Å². The summed E-state index contributed by atoms with van der Waals surface area (Å²) in [6.07, 6.45) is 0. The highest BCUT2D eigenvalue weighted by molar-refractivity contribution is 9.10. The van der Waals surface area contributed by atoms with E-state index in [1.165, 1.54) is 4.88 Å². The minimum Gasteiger partial charge on any atom is -0.370 e. The molecule has 1 aromatic heterocycles. The van der Waals surface area contributed by atoms with E-state index in [4.69, 9.17) is 17.3 Å². The van der Waals surface area contributed by atoms with Crippen LogP contribution in [0.2, 0.25) is 4.34 Å². The standard InChI is InChI=1S/C13H20BrClN4S/c1-3-18(4-2)5-6-19-10(8-17-13(19)16)11-7-9(14)12(15)20-11/h7,10H,3-6,8H2,1-2H3,(H2,16,17). The first-order valence-corrected chi connectivity index (χ1v) is 8.79. The quantitative estimate of drug-likeness (QED) is 0.825. The molecule has 1 aliphatic rings. The van der Waals surface area contributed by atoms with Crippen molar-refractivity contribution in [1.82, 2.24) is 9.80 Å². The third-order valence-corrected chi connectivity index (χ3v) is 6.22. The van der Waals surface area contributed by atoms with Gasteiger partial charge in [0.1, 0.15) is 4.34 Å². The second-order valence-corrected chi connectivity index (χ2v) is 7.25. The largest absolute Gasteiger partial charge is 0.370 e. The Hall–Kier alpha value is -0.300. The Bertz CT molecular complexity index is 467. The number of halogens is 2. The van der Waals surface area contributed by atoms with Crippen molar-refractivity contribution in [1.29, 1.82) is 0 Å². The van der Waals surface area contributed by atoms with Gasteiger partial charge in [-0.05, 0) is 35.1 Å². The highest BCUT2D eigenvalue weighted by Gasteiger charge is 2.29. The normalized spacial score (nSPS) is 18.9. The van der Waals surface area contributed by atoms with Crippen molar-refractivity contribution in [3.63, 3.8) is 0 Å². The van der Waals surface area contributed by atoms with Crippen molar-refractivity contribution in [3.05, 3.63) is 19.8 Å². The van der Waals surface area contributed by atoms with Crippen molar-refractivity contribution in [3.8, 4) is 0 Å². The molecule has 2 N–H and O–H groups in total. The van der Waals surface area contributed by atoms with Gasteiger partial charge in [-0.1, -0.05) is 25.4 Å². The Labute approximate surface area is 137 Å². The summed E-state index contributed by atoms with van der Waals surface area (Å²) in [6, 6.07) is 2.30. The van der Waals surface area contributed by atoms with Gasteiger partial charge < -0.3 is 15.5 Å². The molecule has 0 spiro atoms. The first-order valence-electron chi connectivity index (χ1n) is 6.80. The summed E-state index contributed by atoms with van der Waals surface area (Å²) in [4.78, 5) is 10.2. The molecule has 1 atom stereocenters. The topological polar surface area (TPSA) is 44.9 Å². The molecule has 2 rings (SSSR count). The highest BCUT2D eigenvalue weighted by atomic mass is 79.9. The third-order valence-electron chi connectivity index (χ3n) is 3.64. The summed E-state index contributed by atoms with van der Waals surface area (Å²) in [6.45, 7) is 9.09. The number of likely N-dealkylation sites (N-methyl/N-ethyl adjacent to an activating group) is 1. The van der Waals surface area contributed by atoms with E-state index in [9.17, 15) is 0 Å². The van der Waals surface area contributed by atoms with Crippen LogP contribution >= 0.6 is 38.9 Å². The predicted molar refractivity (Wildman–Crippen MR) is 90.8 cm³/mol. The van der Waals surface area contributed by atoms with Crippen molar-refractivity contribution < 1.29 is 0 Å². The molecule has 0 aromatic carbocycles. The molecule has 1 unspecified atom stereocenters. The van der Waals surface area contributed by atoms with Crippen molar-refractivity contribution >= 4 is 44.8 Å². The summed E-state index contributed by atoms with van der Waals surface area (Å²) >= 11 is 11.2. The van der Waals surface area contributed by atoms with E-state index in [1.54, 1.807) is 11.3 Å². The molecule has 4 nitrogen and oxygen atoms in total. The second kappa shape index (κ2) is 7.11. The Kier molecular flexibility index (Phi) is 5.72. The number of rotatable bonds is 6. The second-order valence-electron chi connectivity index (χ2n) is 4.71. The van der Waals surface area contributed by atoms with Crippen LogP contribution in [0.15, 0.2) is 15.5 Å². The summed E-state index contributed by atoms with van der Waals surface area (Å²) in [5.41, 5.74) is 6.04. The number of nitrogens with zero attached hydrogens (tertiary/aromatic N) is 3. The molecule has 1 aromatic rings. The molecule has 2 heterocycles. The lowest BCUT2D eigenvalue weighted by Crippen LogP contribution is -2.41. The first-order chi connectivity index (χ1) is 9.56. The molecule has 1 aliphatic heterocycles. The van der Waals surface area contributed by atoms with E-state index in [-0.39, 0.29) is 6.04 Å². The fourth-order valence-corrected chi connectivity index (χ4v) is 4.20. The predicted octanol–water partition coefficient (Wildman–Crippen LogP) is 3.18. The van der Waals surface area contributed by atoms with Gasteiger partial charge >= 0.3 is 0 Å². The van der Waals surface area contributed by atoms with Crippen LogP contribution in [-0.2, 0) is 0 Å². The van der Waals surface area contributed by atoms with Gasteiger partial charge in [-0.15, -0.1) is 11.3 Å². The monoisotopic (exact) mass is 378 g/mol. The molecule has 0 amide bonds. The fraction of sp³-hybridized carbons (Fsp3) is 0.615. The summed E-state index contributed by atoms with van der Waals surface area (Å²) < 4.78 is 1.74. The van der Waals surface area contributed by atoms with E-state index in [2.05, 4.69) is 50.6 Å². The number of guanidine groups is 1. The van der Waals surface area contributed by atoms with Gasteiger partial charge in [0, 0.05) is 22.4 Å². The van der Waals surface area contributed by atoms with E-state index in [0.717, 1.165) is 35.0 Å². The van der Waals surface area contributed by atoms with Crippen LogP contribution in [0.5, 0.6) is 0 Å². The summed E-state index contributed by atoms with van der Waals surface area (Å²) in [5, 5.41) is 0. The number of nitrogens with two attached hydrogens (primary N) is 1. The molecule has 0 saturated heterocycles. The minimum absolute atomic E-state index is 0.222. The van der Waals surface area contributed by atoms with E-state index in [1.807, 2.05) is 0 Å². The average Bonchev–Trinajstić information content (AvgIpc) is 2.95. The summed E-state index contributed by atoms with van der Waals surface area (Å²) in [7, 11) is 0. The van der Waals surface area contributed by atoms with Gasteiger partial charge in [0.05, 0.1) is 12.6 Å². The van der Waals surface area contributed by atoms with Crippen molar-refractivity contribution in [2.45, 2.75) is 19.9 Å². The van der Waals surface area contributed by atoms with Gasteiger partial charge in [-0.2, -0.15) is 0 Å². The molecule has 7 heteroatoms. The lowest BCUT2D eigenvalue weighted by Gasteiger charge is -2.28. The van der Waals surface area contributed by atoms with Crippen LogP contribution in [0.25, 0.3) is 0 Å². The molecule has 112 valence electrons. The fourth-order valence-electron chi connectivity index (χ4n) is 2.36. The zero-order valence-corrected chi connectivity index (χ0v) is 14.9. The first kappa shape index (κ1) is 16.1. The third kappa shape index (κ3) is 3.47. The lowest BCUT2D eigenvalue weighted by molar-refractivity contribution is 0.250. The summed E-state index contributed by atoms with van der Waals surface area (Å²) in [5.74, 6) is 0.641. The lowest BCUT2D eigenvalue weighted by atomic mass is 10.2. The maximum Gasteiger partial charge on any atom is 0.191 e. The zero-order chi connectivity index (χ0) is 14.7. The van der Waals surface area contributed by atoms with E-state index in [0.29, 0.717) is 12.5 Å². The SMILES string of the molecule is CCN(CC)CCN1C(N)=NCC1c1cc(Br)c(Cl)s1. The number of thiophene rings is 1. The smallest absolute Gasteiger partial charge is 0.191 e. The Morgan fingerprint density at radius 1 is 1.55 bits per heavy atom. The van der Waals surface area contributed by atoms with Gasteiger partial charge in [-0.3, -0.25) is 4.99 Å². The zero-order valence-electron chi connectivity index (χ0n) is 11.8. The number of aliphatic imine (C=N–C) groups is 1. The van der Waals surface area contributed by atoms with Gasteiger partial charge in [0.15, 0.2) is 5.96 Å². The van der Waals surface area contributed by atoms with Crippen LogP contribution in [0.1, 0.15) is 24.8 Å². The minimum atomic E-state index is 0.222. The maximum absolute atomic E-state index is 6.14. The van der Waals surface area contributed by atoms with E-state index < -0.39 is 0 Å². The molecule has 20 heavy (non-hydrogen) atoms. The molecule has 0 saturated carbocycles. The maximum atomic E-state index is 6.14. The number of hydrogen-bond acceptors (Lipinski definition) is 5. The van der Waals surface area contributed by atoms with E-state index >= 15 is 0 Å². The Morgan fingerprint density at radius 2 is 2.25 bits per heavy atom. The molecule has 0 aliphatic carbocycles. The molecule has 0 fully saturated rings. The number of hydrogen-bond donors (Lipinski definition) is 1. The van der Waals surface area contributed by atoms with Gasteiger partial charge in [-0.25, -0.2) is 0 Å². The van der Waals surface area contributed by atoms with Gasteiger partial charge in [0.2, 0.25) is 0 Å². The van der Waals surface area contributed by atoms with Crippen molar-refractivity contribution in [2.75, 3.05) is 32.7 Å². The highest BCUT2D eigenvalue weighted by Crippen LogP contribution is 2.38. The Morgan fingerprint density at radius 3 is 2.80 bits per heavy atom. The van der Waals surface area contributed by atoms with Crippen LogP contribution < -0.4 is 5.73 Å². The van der Waals surface area contributed by atoms with Crippen LogP contribution in [-0.4, -0.2) is 48.5 Å². The van der Waals surface area contributed by atoms with Crippen molar-refractivity contribution in [2.24, 2.45) is 10.7 Å². The average molecular weight is 380 g/mol. The van der Waals surface area contributed by atoms with Crippen LogP contribution in [0.3, 0.4) is 0 Å². The van der Waals surface area contributed by atoms with Crippen LogP contribution in [0.4, 0.5) is 0 Å². The molecule has 0 bridgehead atoms. The van der Waals surface area contributed by atoms with Crippen LogP contribution in [0, 0.1) is 0 Å². The molecular weight excluding hydrogens is 360 g/mol. The molecule has 0 radical (unpaired) electrons. The Balaban J connectivity index is 2.06.